The zero-order valence-electron chi connectivity index (χ0n) is 11.6. The Labute approximate surface area is 114 Å². The molecule has 0 aromatic rings. The molecule has 0 aliphatic heterocycles. The van der Waals surface area contributed by atoms with E-state index in [1.54, 1.807) is 12.2 Å². The molecule has 1 saturated carbocycles. The van der Waals surface area contributed by atoms with E-state index in [0.29, 0.717) is 12.8 Å². The van der Waals surface area contributed by atoms with Gasteiger partial charge in [-0.15, -0.1) is 0 Å². The lowest BCUT2D eigenvalue weighted by Crippen LogP contribution is -2.54. The maximum Gasteiger partial charge on any atom is 0.326 e. The Morgan fingerprint density at radius 2 is 2.00 bits per heavy atom. The highest BCUT2D eigenvalue weighted by Crippen LogP contribution is 2.31. The van der Waals surface area contributed by atoms with Gasteiger partial charge in [-0.2, -0.15) is 0 Å². The molecular weight excluding hydrogens is 246 g/mol. The molecule has 0 heterocycles. The van der Waals surface area contributed by atoms with Crippen molar-refractivity contribution in [2.24, 2.45) is 0 Å². The number of hydrogen-bond acceptors (Lipinski definition) is 3. The Hall–Kier alpha value is -1.36. The molecule has 1 unspecified atom stereocenters. The van der Waals surface area contributed by atoms with Crippen LogP contribution in [0, 0.1) is 0 Å². The molecular formula is C14H23NO4. The molecule has 1 aliphatic carbocycles. The number of hydrogen-bond donors (Lipinski definition) is 2. The average molecular weight is 269 g/mol. The first-order chi connectivity index (χ1) is 9.05. The number of ether oxygens (including phenoxy) is 1. The Balaban J connectivity index is 2.71. The number of carboxylic acids is 1. The van der Waals surface area contributed by atoms with Gasteiger partial charge in [0.2, 0.25) is 0 Å². The van der Waals surface area contributed by atoms with Crippen molar-refractivity contribution in [3.8, 4) is 0 Å². The second kappa shape index (κ2) is 7.28. The van der Waals surface area contributed by atoms with Crippen molar-refractivity contribution in [1.29, 1.82) is 0 Å². The van der Waals surface area contributed by atoms with Gasteiger partial charge in [0.15, 0.2) is 0 Å². The SMILES string of the molecule is C/C=C/CC(NC(=O)C1(OC)CCCCC1)C(=O)O. The molecule has 1 atom stereocenters. The molecule has 19 heavy (non-hydrogen) atoms. The fourth-order valence-electron chi connectivity index (χ4n) is 2.43. The third kappa shape index (κ3) is 4.06. The molecule has 1 fully saturated rings. The van der Waals surface area contributed by atoms with Gasteiger partial charge < -0.3 is 15.2 Å². The molecule has 0 aromatic carbocycles. The number of carbonyl (C=O) groups is 2. The summed E-state index contributed by atoms with van der Waals surface area (Å²) in [5.41, 5.74) is -0.845. The first-order valence-electron chi connectivity index (χ1n) is 6.76. The van der Waals surface area contributed by atoms with Gasteiger partial charge >= 0.3 is 5.97 Å². The minimum absolute atomic E-state index is 0.289. The van der Waals surface area contributed by atoms with Crippen molar-refractivity contribution in [1.82, 2.24) is 5.32 Å². The third-order valence-corrected chi connectivity index (χ3v) is 3.68. The topological polar surface area (TPSA) is 75.6 Å². The fraction of sp³-hybridized carbons (Fsp3) is 0.714. The normalized spacial score (nSPS) is 20.1. The van der Waals surface area contributed by atoms with E-state index in [2.05, 4.69) is 5.32 Å². The predicted molar refractivity (Wildman–Crippen MR) is 71.8 cm³/mol. The molecule has 1 rings (SSSR count). The third-order valence-electron chi connectivity index (χ3n) is 3.68. The van der Waals surface area contributed by atoms with E-state index in [1.165, 1.54) is 7.11 Å². The molecule has 108 valence electrons. The monoisotopic (exact) mass is 269 g/mol. The van der Waals surface area contributed by atoms with Gasteiger partial charge in [-0.25, -0.2) is 4.79 Å². The maximum absolute atomic E-state index is 12.3. The van der Waals surface area contributed by atoms with Crippen LogP contribution in [0.25, 0.3) is 0 Å². The van der Waals surface area contributed by atoms with E-state index in [9.17, 15) is 9.59 Å². The summed E-state index contributed by atoms with van der Waals surface area (Å²) in [5, 5.41) is 11.7. The van der Waals surface area contributed by atoms with Crippen LogP contribution in [0.5, 0.6) is 0 Å². The first kappa shape index (κ1) is 15.7. The molecule has 0 radical (unpaired) electrons. The van der Waals surface area contributed by atoms with Gasteiger partial charge in [-0.05, 0) is 26.2 Å². The van der Waals surface area contributed by atoms with Crippen molar-refractivity contribution in [3.63, 3.8) is 0 Å². The fourth-order valence-corrected chi connectivity index (χ4v) is 2.43. The van der Waals surface area contributed by atoms with Gasteiger partial charge in [0.1, 0.15) is 11.6 Å². The lowest BCUT2D eigenvalue weighted by atomic mass is 9.83. The molecule has 0 spiro atoms. The molecule has 0 bridgehead atoms. The van der Waals surface area contributed by atoms with Crippen LogP contribution in [-0.2, 0) is 14.3 Å². The molecule has 0 saturated heterocycles. The highest BCUT2D eigenvalue weighted by molar-refractivity contribution is 5.89. The number of methoxy groups -OCH3 is 1. The summed E-state index contributed by atoms with van der Waals surface area (Å²) >= 11 is 0. The summed E-state index contributed by atoms with van der Waals surface area (Å²) in [6.45, 7) is 1.82. The number of carbonyl (C=O) groups excluding carboxylic acids is 1. The van der Waals surface area contributed by atoms with E-state index in [-0.39, 0.29) is 12.3 Å². The molecule has 0 aromatic heterocycles. The van der Waals surface area contributed by atoms with Crippen LogP contribution in [-0.4, -0.2) is 35.7 Å². The summed E-state index contributed by atoms with van der Waals surface area (Å²) in [4.78, 5) is 23.4. The summed E-state index contributed by atoms with van der Waals surface area (Å²) in [6, 6.07) is -0.891. The van der Waals surface area contributed by atoms with Gasteiger partial charge in [0, 0.05) is 7.11 Å². The van der Waals surface area contributed by atoms with E-state index >= 15 is 0 Å². The minimum atomic E-state index is -1.02. The van der Waals surface area contributed by atoms with E-state index < -0.39 is 17.6 Å². The molecule has 5 nitrogen and oxygen atoms in total. The first-order valence-corrected chi connectivity index (χ1v) is 6.76. The lowest BCUT2D eigenvalue weighted by molar-refractivity contribution is -0.152. The molecule has 2 N–H and O–H groups in total. The van der Waals surface area contributed by atoms with Crippen LogP contribution in [0.4, 0.5) is 0 Å². The number of aliphatic carboxylic acids is 1. The van der Waals surface area contributed by atoms with Crippen molar-refractivity contribution in [2.75, 3.05) is 7.11 Å². The number of carboxylic acid groups (broad SMARTS) is 1. The second-order valence-electron chi connectivity index (χ2n) is 4.93. The van der Waals surface area contributed by atoms with Crippen LogP contribution >= 0.6 is 0 Å². The molecule has 1 aliphatic rings. The standard InChI is InChI=1S/C14H23NO4/c1-3-4-8-11(12(16)17)15-13(18)14(19-2)9-6-5-7-10-14/h3-4,11H,5-10H2,1-2H3,(H,15,18)(H,16,17)/b4-3+. The minimum Gasteiger partial charge on any atom is -0.480 e. The second-order valence-corrected chi connectivity index (χ2v) is 4.93. The van der Waals surface area contributed by atoms with E-state index in [4.69, 9.17) is 9.84 Å². The highest BCUT2D eigenvalue weighted by Gasteiger charge is 2.40. The number of allylic oxidation sites excluding steroid dienone is 1. The summed E-state index contributed by atoms with van der Waals surface area (Å²) in [7, 11) is 1.52. The predicted octanol–water partition coefficient (Wildman–Crippen LogP) is 1.87. The summed E-state index contributed by atoms with van der Waals surface area (Å²) in [6.07, 6.45) is 8.09. The Morgan fingerprint density at radius 1 is 1.37 bits per heavy atom. The Kier molecular flexibility index (Phi) is 6.02. The van der Waals surface area contributed by atoms with Gasteiger partial charge in [0.25, 0.3) is 5.91 Å². The van der Waals surface area contributed by atoms with Crippen molar-refractivity contribution in [2.45, 2.75) is 57.1 Å². The van der Waals surface area contributed by atoms with Crippen molar-refractivity contribution < 1.29 is 19.4 Å². The van der Waals surface area contributed by atoms with E-state index in [1.807, 2.05) is 6.92 Å². The number of nitrogens with one attached hydrogen (secondary N) is 1. The van der Waals surface area contributed by atoms with Crippen molar-refractivity contribution in [3.05, 3.63) is 12.2 Å². The van der Waals surface area contributed by atoms with E-state index in [0.717, 1.165) is 19.3 Å². The van der Waals surface area contributed by atoms with Crippen LogP contribution in [0.2, 0.25) is 0 Å². The lowest BCUT2D eigenvalue weighted by Gasteiger charge is -2.35. The van der Waals surface area contributed by atoms with Crippen LogP contribution < -0.4 is 5.32 Å². The zero-order chi connectivity index (χ0) is 14.3. The quantitative estimate of drug-likeness (QED) is 0.722. The van der Waals surface area contributed by atoms with Crippen molar-refractivity contribution >= 4 is 11.9 Å². The largest absolute Gasteiger partial charge is 0.480 e. The maximum atomic E-state index is 12.3. The summed E-state index contributed by atoms with van der Waals surface area (Å²) in [5.74, 6) is -1.32. The average Bonchev–Trinajstić information content (AvgIpc) is 2.43. The van der Waals surface area contributed by atoms with Gasteiger partial charge in [-0.1, -0.05) is 31.4 Å². The number of amides is 1. The van der Waals surface area contributed by atoms with Crippen LogP contribution in [0.15, 0.2) is 12.2 Å². The zero-order valence-corrected chi connectivity index (χ0v) is 11.6. The molecule has 5 heteroatoms. The summed E-state index contributed by atoms with van der Waals surface area (Å²) < 4.78 is 5.40. The number of rotatable bonds is 6. The molecule has 1 amide bonds. The van der Waals surface area contributed by atoms with Gasteiger partial charge in [-0.3, -0.25) is 4.79 Å². The highest BCUT2D eigenvalue weighted by atomic mass is 16.5. The Bertz CT molecular complexity index is 345. The smallest absolute Gasteiger partial charge is 0.326 e. The van der Waals surface area contributed by atoms with Gasteiger partial charge in [0.05, 0.1) is 0 Å². The Morgan fingerprint density at radius 3 is 2.47 bits per heavy atom. The van der Waals surface area contributed by atoms with Crippen LogP contribution in [0.1, 0.15) is 45.4 Å². The van der Waals surface area contributed by atoms with Crippen LogP contribution in [0.3, 0.4) is 0 Å².